The number of nitrogens with two attached hydrogens (primary N) is 2. The lowest BCUT2D eigenvalue weighted by atomic mass is 10.1. The van der Waals surface area contributed by atoms with Gasteiger partial charge in [0.15, 0.2) is 0 Å². The number of nitrogens with zero attached hydrogens (tertiary/aromatic N) is 2. The summed E-state index contributed by atoms with van der Waals surface area (Å²) in [5.41, 5.74) is 11.7. The Morgan fingerprint density at radius 3 is 1.10 bits per heavy atom. The quantitative estimate of drug-likeness (QED) is 0.0479. The molecule has 0 aromatic carbocycles. The molecule has 0 radical (unpaired) electrons. The van der Waals surface area contributed by atoms with Gasteiger partial charge in [-0.1, -0.05) is 91.9 Å². The van der Waals surface area contributed by atoms with E-state index in [1.807, 2.05) is 0 Å². The van der Waals surface area contributed by atoms with E-state index in [2.05, 4.69) is 37.5 Å². The van der Waals surface area contributed by atoms with Gasteiger partial charge < -0.3 is 30.7 Å². The van der Waals surface area contributed by atoms with Crippen molar-refractivity contribution in [2.75, 3.05) is 52.4 Å². The molecule has 0 aliphatic carbocycles. The van der Waals surface area contributed by atoms with Crippen molar-refractivity contribution in [2.45, 2.75) is 207 Å². The van der Waals surface area contributed by atoms with Gasteiger partial charge in [-0.05, 0) is 142 Å². The maximum atomic E-state index is 12.5. The summed E-state index contributed by atoms with van der Waals surface area (Å²) in [4.78, 5) is 30.1. The summed E-state index contributed by atoms with van der Waals surface area (Å²) in [5.74, 6) is -0.0191. The van der Waals surface area contributed by atoms with Gasteiger partial charge >= 0.3 is 11.9 Å². The molecule has 0 amide bonds. The van der Waals surface area contributed by atoms with Crippen LogP contribution in [0.2, 0.25) is 0 Å². The largest absolute Gasteiger partial charge is 0.462 e. The Morgan fingerprint density at radius 1 is 0.420 bits per heavy atom. The zero-order chi connectivity index (χ0) is 36.9. The standard InChI is InChI=1S/C42H86N4O4/c1-5-9-11-15-27-39(25-7-3)49-41(47)29-17-13-19-33-45(37-23-31-43)35-21-22-36-46(38-24-32-44)34-20-14-18-30-42(48)50-40(26-8-4)28-16-12-10-6-2/h39-40H,5-38,43-44H2,1-4H3. The molecular weight excluding hydrogens is 624 g/mol. The number of carbonyl (C=O) groups is 2. The molecule has 298 valence electrons. The monoisotopic (exact) mass is 711 g/mol. The van der Waals surface area contributed by atoms with E-state index in [1.54, 1.807) is 0 Å². The molecule has 0 aliphatic heterocycles. The molecule has 8 heteroatoms. The summed E-state index contributed by atoms with van der Waals surface area (Å²) in [6.45, 7) is 16.7. The van der Waals surface area contributed by atoms with Crippen molar-refractivity contribution in [2.24, 2.45) is 11.5 Å². The maximum absolute atomic E-state index is 12.5. The van der Waals surface area contributed by atoms with Crippen molar-refractivity contribution < 1.29 is 19.1 Å². The van der Waals surface area contributed by atoms with E-state index < -0.39 is 0 Å². The Kier molecular flexibility index (Phi) is 36.6. The summed E-state index contributed by atoms with van der Waals surface area (Å²) in [6, 6.07) is 0. The highest BCUT2D eigenvalue weighted by atomic mass is 16.5. The van der Waals surface area contributed by atoms with Crippen LogP contribution in [0.4, 0.5) is 0 Å². The minimum Gasteiger partial charge on any atom is -0.462 e. The van der Waals surface area contributed by atoms with Gasteiger partial charge in [0.1, 0.15) is 12.2 Å². The number of carbonyl (C=O) groups excluding carboxylic acids is 2. The van der Waals surface area contributed by atoms with Gasteiger partial charge in [-0.2, -0.15) is 0 Å². The normalized spacial score (nSPS) is 12.9. The lowest BCUT2D eigenvalue weighted by Crippen LogP contribution is -2.31. The fourth-order valence-electron chi connectivity index (χ4n) is 6.79. The molecule has 0 fully saturated rings. The average Bonchev–Trinajstić information content (AvgIpc) is 3.10. The summed E-state index contributed by atoms with van der Waals surface area (Å²) in [6.07, 6.45) is 27.8. The molecule has 0 saturated carbocycles. The minimum atomic E-state index is -0.00956. The van der Waals surface area contributed by atoms with E-state index in [4.69, 9.17) is 20.9 Å². The Morgan fingerprint density at radius 2 is 0.760 bits per heavy atom. The Labute approximate surface area is 310 Å². The molecule has 0 aromatic heterocycles. The highest BCUT2D eigenvalue weighted by Gasteiger charge is 2.15. The van der Waals surface area contributed by atoms with Gasteiger partial charge in [0.25, 0.3) is 0 Å². The number of hydrogen-bond donors (Lipinski definition) is 2. The van der Waals surface area contributed by atoms with E-state index in [0.717, 1.165) is 155 Å². The third-order valence-corrected chi connectivity index (χ3v) is 9.84. The highest BCUT2D eigenvalue weighted by Crippen LogP contribution is 2.16. The number of ether oxygens (including phenoxy) is 2. The van der Waals surface area contributed by atoms with Crippen LogP contribution in [0.15, 0.2) is 0 Å². The van der Waals surface area contributed by atoms with Crippen molar-refractivity contribution in [3.8, 4) is 0 Å². The zero-order valence-electron chi connectivity index (χ0n) is 33.9. The van der Waals surface area contributed by atoms with E-state index in [1.165, 1.54) is 51.4 Å². The van der Waals surface area contributed by atoms with Gasteiger partial charge in [-0.3, -0.25) is 9.59 Å². The first kappa shape index (κ1) is 48.8. The van der Waals surface area contributed by atoms with Crippen LogP contribution in [0, 0.1) is 0 Å². The lowest BCUT2D eigenvalue weighted by molar-refractivity contribution is -0.151. The van der Waals surface area contributed by atoms with Crippen LogP contribution in [0.1, 0.15) is 195 Å². The highest BCUT2D eigenvalue weighted by molar-refractivity contribution is 5.69. The minimum absolute atomic E-state index is 0.00956. The number of hydrogen-bond acceptors (Lipinski definition) is 8. The number of unbranched alkanes of at least 4 members (excludes halogenated alkanes) is 11. The second-order valence-corrected chi connectivity index (χ2v) is 14.8. The molecule has 0 saturated heterocycles. The Hall–Kier alpha value is -1.22. The van der Waals surface area contributed by atoms with Crippen LogP contribution in [0.25, 0.3) is 0 Å². The van der Waals surface area contributed by atoms with Gasteiger partial charge in [0, 0.05) is 12.8 Å². The third-order valence-electron chi connectivity index (χ3n) is 9.84. The maximum Gasteiger partial charge on any atom is 0.306 e. The van der Waals surface area contributed by atoms with E-state index in [9.17, 15) is 9.59 Å². The summed E-state index contributed by atoms with van der Waals surface area (Å²) in [5, 5.41) is 0. The predicted octanol–water partition coefficient (Wildman–Crippen LogP) is 9.55. The van der Waals surface area contributed by atoms with Gasteiger partial charge in [-0.15, -0.1) is 0 Å². The number of rotatable bonds is 39. The average molecular weight is 711 g/mol. The van der Waals surface area contributed by atoms with Crippen LogP contribution >= 0.6 is 0 Å². The molecule has 50 heavy (non-hydrogen) atoms. The Bertz CT molecular complexity index is 681. The Balaban J connectivity index is 4.36. The fraction of sp³-hybridized carbons (Fsp3) is 0.952. The second-order valence-electron chi connectivity index (χ2n) is 14.8. The molecular formula is C42H86N4O4. The van der Waals surface area contributed by atoms with Gasteiger partial charge in [0.05, 0.1) is 0 Å². The first-order chi connectivity index (χ1) is 24.4. The van der Waals surface area contributed by atoms with Crippen LogP contribution in [-0.4, -0.2) is 86.3 Å². The summed E-state index contributed by atoms with van der Waals surface area (Å²) < 4.78 is 11.7. The van der Waals surface area contributed by atoms with Gasteiger partial charge in [-0.25, -0.2) is 0 Å². The van der Waals surface area contributed by atoms with Crippen molar-refractivity contribution in [1.29, 1.82) is 0 Å². The van der Waals surface area contributed by atoms with Crippen molar-refractivity contribution in [3.63, 3.8) is 0 Å². The van der Waals surface area contributed by atoms with Crippen LogP contribution in [0.5, 0.6) is 0 Å². The lowest BCUT2D eigenvalue weighted by Gasteiger charge is -2.25. The number of esters is 2. The van der Waals surface area contributed by atoms with Crippen LogP contribution in [-0.2, 0) is 19.1 Å². The van der Waals surface area contributed by atoms with Crippen molar-refractivity contribution in [3.05, 3.63) is 0 Å². The van der Waals surface area contributed by atoms with E-state index in [-0.39, 0.29) is 24.1 Å². The molecule has 8 nitrogen and oxygen atoms in total. The molecule has 0 spiro atoms. The van der Waals surface area contributed by atoms with Gasteiger partial charge in [0.2, 0.25) is 0 Å². The molecule has 2 atom stereocenters. The molecule has 0 rings (SSSR count). The third kappa shape index (κ3) is 31.5. The summed E-state index contributed by atoms with van der Waals surface area (Å²) in [7, 11) is 0. The molecule has 0 aliphatic rings. The van der Waals surface area contributed by atoms with Crippen molar-refractivity contribution in [1.82, 2.24) is 9.80 Å². The van der Waals surface area contributed by atoms with Crippen molar-refractivity contribution >= 4 is 11.9 Å². The van der Waals surface area contributed by atoms with E-state index in [0.29, 0.717) is 12.8 Å². The topological polar surface area (TPSA) is 111 Å². The summed E-state index contributed by atoms with van der Waals surface area (Å²) >= 11 is 0. The second kappa shape index (κ2) is 37.5. The SMILES string of the molecule is CCCCCCC(CCC)OC(=O)CCCCCN(CCCN)CCCCN(CCCN)CCCCCC(=O)OC(CCC)CCCCCC. The molecule has 0 heterocycles. The first-order valence-electron chi connectivity index (χ1n) is 21.7. The predicted molar refractivity (Wildman–Crippen MR) is 213 cm³/mol. The first-order valence-corrected chi connectivity index (χ1v) is 21.7. The molecule has 0 bridgehead atoms. The smallest absolute Gasteiger partial charge is 0.306 e. The fourth-order valence-corrected chi connectivity index (χ4v) is 6.79. The van der Waals surface area contributed by atoms with E-state index >= 15 is 0 Å². The van der Waals surface area contributed by atoms with Crippen LogP contribution in [0.3, 0.4) is 0 Å². The molecule has 2 unspecified atom stereocenters. The molecule has 0 aromatic rings. The zero-order valence-corrected chi connectivity index (χ0v) is 33.9. The molecule has 4 N–H and O–H groups in total. The van der Waals surface area contributed by atoms with Crippen LogP contribution < -0.4 is 11.5 Å².